The number of hydrogen-bond donors (Lipinski definition) is 1. The minimum atomic E-state index is -0.547. The van der Waals surface area contributed by atoms with Crippen molar-refractivity contribution in [2.24, 2.45) is 5.92 Å². The van der Waals surface area contributed by atoms with E-state index in [4.69, 9.17) is 4.74 Å². The first-order chi connectivity index (χ1) is 8.60. The molecule has 18 heavy (non-hydrogen) atoms. The highest BCUT2D eigenvalue weighted by atomic mass is 16.5. The molecule has 0 spiro atoms. The molecule has 2 amide bonds. The molecule has 1 aliphatic rings. The van der Waals surface area contributed by atoms with Crippen LogP contribution >= 0.6 is 0 Å². The number of likely N-dealkylation sites (tertiary alicyclic amines) is 1. The number of urea groups is 1. The van der Waals surface area contributed by atoms with E-state index in [-0.39, 0.29) is 17.9 Å². The van der Waals surface area contributed by atoms with E-state index in [1.165, 1.54) is 13.5 Å². The molecule has 1 rings (SSSR count). The molecule has 0 aromatic carbocycles. The van der Waals surface area contributed by atoms with E-state index in [2.05, 4.69) is 5.32 Å². The molecule has 0 aromatic rings. The van der Waals surface area contributed by atoms with Crippen LogP contribution in [0.25, 0.3) is 0 Å². The van der Waals surface area contributed by atoms with Crippen molar-refractivity contribution in [3.8, 4) is 0 Å². The van der Waals surface area contributed by atoms with Gasteiger partial charge in [-0.2, -0.15) is 0 Å². The van der Waals surface area contributed by atoms with Crippen LogP contribution in [0.3, 0.4) is 0 Å². The van der Waals surface area contributed by atoms with Gasteiger partial charge in [0.25, 0.3) is 0 Å². The van der Waals surface area contributed by atoms with Gasteiger partial charge in [-0.25, -0.2) is 9.59 Å². The topological polar surface area (TPSA) is 58.6 Å². The number of carbonyl (C=O) groups excluding carboxylic acids is 2. The quantitative estimate of drug-likeness (QED) is 0.780. The molecule has 1 saturated heterocycles. The summed E-state index contributed by atoms with van der Waals surface area (Å²) in [4.78, 5) is 25.5. The van der Waals surface area contributed by atoms with Crippen LogP contribution in [-0.4, -0.2) is 43.1 Å². The molecule has 5 nitrogen and oxygen atoms in total. The highest BCUT2D eigenvalue weighted by Gasteiger charge is 2.28. The number of carbonyl (C=O) groups is 2. The van der Waals surface area contributed by atoms with Gasteiger partial charge in [0.1, 0.15) is 6.04 Å². The van der Waals surface area contributed by atoms with Crippen LogP contribution in [0.5, 0.6) is 0 Å². The molecular formula is C13H24N2O3. The minimum Gasteiger partial charge on any atom is -0.467 e. The summed E-state index contributed by atoms with van der Waals surface area (Å²) >= 11 is 0. The van der Waals surface area contributed by atoms with E-state index in [0.717, 1.165) is 32.4 Å². The summed E-state index contributed by atoms with van der Waals surface area (Å²) in [7, 11) is 1.35. The van der Waals surface area contributed by atoms with Crippen LogP contribution in [0.2, 0.25) is 0 Å². The lowest BCUT2D eigenvalue weighted by molar-refractivity contribution is -0.144. The molecule has 0 bridgehead atoms. The fourth-order valence-corrected chi connectivity index (χ4v) is 2.12. The largest absolute Gasteiger partial charge is 0.467 e. The molecule has 104 valence electrons. The number of amides is 2. The number of nitrogens with one attached hydrogen (secondary N) is 1. The van der Waals surface area contributed by atoms with E-state index in [1.807, 2.05) is 13.8 Å². The molecule has 0 unspecified atom stereocenters. The van der Waals surface area contributed by atoms with Crippen LogP contribution in [-0.2, 0) is 9.53 Å². The van der Waals surface area contributed by atoms with Crippen molar-refractivity contribution >= 4 is 12.0 Å². The Morgan fingerprint density at radius 2 is 1.89 bits per heavy atom. The van der Waals surface area contributed by atoms with E-state index in [9.17, 15) is 9.59 Å². The maximum Gasteiger partial charge on any atom is 0.328 e. The Bertz CT molecular complexity index is 288. The van der Waals surface area contributed by atoms with Gasteiger partial charge in [-0.3, -0.25) is 0 Å². The van der Waals surface area contributed by atoms with Gasteiger partial charge in [0.15, 0.2) is 0 Å². The van der Waals surface area contributed by atoms with E-state index in [1.54, 1.807) is 4.90 Å². The monoisotopic (exact) mass is 256 g/mol. The molecular weight excluding hydrogens is 232 g/mol. The lowest BCUT2D eigenvalue weighted by atomic mass is 9.99. The van der Waals surface area contributed by atoms with Gasteiger partial charge in [-0.1, -0.05) is 20.3 Å². The maximum absolute atomic E-state index is 12.1. The van der Waals surface area contributed by atoms with Crippen LogP contribution in [0.4, 0.5) is 4.79 Å². The zero-order valence-electron chi connectivity index (χ0n) is 11.6. The van der Waals surface area contributed by atoms with Crippen molar-refractivity contribution in [1.29, 1.82) is 0 Å². The van der Waals surface area contributed by atoms with Gasteiger partial charge in [0.2, 0.25) is 0 Å². The number of methoxy groups -OCH3 is 1. The molecule has 1 N–H and O–H groups in total. The first kappa shape index (κ1) is 14.8. The third-order valence-electron chi connectivity index (χ3n) is 3.59. The molecule has 5 heteroatoms. The smallest absolute Gasteiger partial charge is 0.328 e. The zero-order chi connectivity index (χ0) is 13.5. The summed E-state index contributed by atoms with van der Waals surface area (Å²) in [6, 6.07) is -0.695. The predicted octanol–water partition coefficient (Wildman–Crippen LogP) is 1.77. The SMILES string of the molecule is CC[C@@H](C)[C@H](NC(=O)N1CCCCC1)C(=O)OC. The van der Waals surface area contributed by atoms with Crippen LogP contribution < -0.4 is 5.32 Å². The molecule has 0 aliphatic carbocycles. The second-order valence-electron chi connectivity index (χ2n) is 4.88. The summed E-state index contributed by atoms with van der Waals surface area (Å²) in [6.07, 6.45) is 4.08. The Morgan fingerprint density at radius 3 is 2.39 bits per heavy atom. The van der Waals surface area contributed by atoms with E-state index < -0.39 is 6.04 Å². The fourth-order valence-electron chi connectivity index (χ4n) is 2.12. The third kappa shape index (κ3) is 3.89. The standard InChI is InChI=1S/C13H24N2O3/c1-4-10(2)11(12(16)18-3)14-13(17)15-8-6-5-7-9-15/h10-11H,4-9H2,1-3H3,(H,14,17)/t10-,11+/m1/s1. The van der Waals surface area contributed by atoms with Crippen LogP contribution in [0, 0.1) is 5.92 Å². The number of esters is 1. The Morgan fingerprint density at radius 1 is 1.28 bits per heavy atom. The lowest BCUT2D eigenvalue weighted by Gasteiger charge is -2.30. The van der Waals surface area contributed by atoms with Gasteiger partial charge in [0, 0.05) is 13.1 Å². The summed E-state index contributed by atoms with van der Waals surface area (Å²) in [5, 5.41) is 2.80. The number of ether oxygens (including phenoxy) is 1. The first-order valence-electron chi connectivity index (χ1n) is 6.73. The van der Waals surface area contributed by atoms with Crippen molar-refractivity contribution in [3.05, 3.63) is 0 Å². The molecule has 1 aliphatic heterocycles. The second kappa shape index (κ2) is 7.24. The van der Waals surface area contributed by atoms with Gasteiger partial charge < -0.3 is 15.0 Å². The Labute approximate surface area is 109 Å². The number of nitrogens with zero attached hydrogens (tertiary/aromatic N) is 1. The summed E-state index contributed by atoms with van der Waals surface area (Å²) < 4.78 is 4.75. The van der Waals surface area contributed by atoms with Crippen molar-refractivity contribution in [1.82, 2.24) is 10.2 Å². The van der Waals surface area contributed by atoms with Gasteiger partial charge in [-0.15, -0.1) is 0 Å². The highest BCUT2D eigenvalue weighted by molar-refractivity contribution is 5.83. The Balaban J connectivity index is 2.58. The molecule has 0 aromatic heterocycles. The van der Waals surface area contributed by atoms with Crippen molar-refractivity contribution in [2.75, 3.05) is 20.2 Å². The van der Waals surface area contributed by atoms with E-state index in [0.29, 0.717) is 0 Å². The molecule has 0 radical (unpaired) electrons. The summed E-state index contributed by atoms with van der Waals surface area (Å²) in [5.41, 5.74) is 0. The average molecular weight is 256 g/mol. The Hall–Kier alpha value is -1.26. The number of hydrogen-bond acceptors (Lipinski definition) is 3. The predicted molar refractivity (Wildman–Crippen MR) is 69.2 cm³/mol. The lowest BCUT2D eigenvalue weighted by Crippen LogP contribution is -2.52. The van der Waals surface area contributed by atoms with Gasteiger partial charge in [-0.05, 0) is 25.2 Å². The van der Waals surface area contributed by atoms with Crippen LogP contribution in [0.1, 0.15) is 39.5 Å². The van der Waals surface area contributed by atoms with Gasteiger partial charge in [0.05, 0.1) is 7.11 Å². The normalized spacial score (nSPS) is 18.9. The third-order valence-corrected chi connectivity index (χ3v) is 3.59. The molecule has 2 atom stereocenters. The molecule has 0 saturated carbocycles. The zero-order valence-corrected chi connectivity index (χ0v) is 11.6. The summed E-state index contributed by atoms with van der Waals surface area (Å²) in [6.45, 7) is 5.49. The van der Waals surface area contributed by atoms with E-state index >= 15 is 0 Å². The minimum absolute atomic E-state index is 0.0752. The molecule has 1 fully saturated rings. The Kier molecular flexibility index (Phi) is 5.95. The van der Waals surface area contributed by atoms with Crippen LogP contribution in [0.15, 0.2) is 0 Å². The first-order valence-corrected chi connectivity index (χ1v) is 6.73. The second-order valence-corrected chi connectivity index (χ2v) is 4.88. The molecule has 1 heterocycles. The number of piperidine rings is 1. The van der Waals surface area contributed by atoms with Crippen molar-refractivity contribution in [2.45, 2.75) is 45.6 Å². The van der Waals surface area contributed by atoms with Crippen molar-refractivity contribution in [3.63, 3.8) is 0 Å². The maximum atomic E-state index is 12.1. The number of rotatable bonds is 4. The summed E-state index contributed by atoms with van der Waals surface area (Å²) in [5.74, 6) is -0.291. The van der Waals surface area contributed by atoms with Gasteiger partial charge >= 0.3 is 12.0 Å². The van der Waals surface area contributed by atoms with Crippen molar-refractivity contribution < 1.29 is 14.3 Å². The fraction of sp³-hybridized carbons (Fsp3) is 0.846. The highest BCUT2D eigenvalue weighted by Crippen LogP contribution is 2.12. The average Bonchev–Trinajstić information content (AvgIpc) is 2.43.